The number of fused-ring (bicyclic) bond motifs is 1. The van der Waals surface area contributed by atoms with Crippen LogP contribution in [0.15, 0.2) is 121 Å². The maximum atomic E-state index is 14.2. The van der Waals surface area contributed by atoms with Gasteiger partial charge in [0.2, 0.25) is 0 Å². The maximum absolute atomic E-state index is 14.2. The van der Waals surface area contributed by atoms with Crippen molar-refractivity contribution in [2.75, 3.05) is 6.61 Å². The summed E-state index contributed by atoms with van der Waals surface area (Å²) < 4.78 is 15.6. The Kier molecular flexibility index (Phi) is 10.1. The van der Waals surface area contributed by atoms with E-state index in [1.165, 1.54) is 16.9 Å². The Balaban J connectivity index is 1.45. The molecule has 0 amide bonds. The third-order valence-electron chi connectivity index (χ3n) is 7.85. The summed E-state index contributed by atoms with van der Waals surface area (Å²) in [5.41, 5.74) is 5.24. The van der Waals surface area contributed by atoms with Gasteiger partial charge in [0.1, 0.15) is 12.4 Å². The van der Waals surface area contributed by atoms with Crippen molar-refractivity contribution in [3.8, 4) is 5.75 Å². The molecule has 0 saturated carbocycles. The molecular formula is C38H32Br2N2O4S. The van der Waals surface area contributed by atoms with E-state index in [4.69, 9.17) is 14.5 Å². The van der Waals surface area contributed by atoms with Crippen LogP contribution in [-0.4, -0.2) is 17.1 Å². The second-order valence-corrected chi connectivity index (χ2v) is 14.1. The Morgan fingerprint density at radius 3 is 2.36 bits per heavy atom. The van der Waals surface area contributed by atoms with Crippen molar-refractivity contribution in [1.82, 2.24) is 4.57 Å². The highest BCUT2D eigenvalue weighted by Gasteiger charge is 2.35. The SMILES string of the molecule is CCOC(=O)C1=C(c2ccccc2)N=c2s/c(=C\c3ccc(OCc4ccc(Br)cc4)c(Br)c3)c(=O)n2[C@H]1c1ccc(C(C)C)cc1. The Labute approximate surface area is 294 Å². The predicted octanol–water partition coefficient (Wildman–Crippen LogP) is 8.16. The molecule has 1 aliphatic heterocycles. The van der Waals surface area contributed by atoms with Crippen LogP contribution in [0.3, 0.4) is 0 Å². The zero-order valence-electron chi connectivity index (χ0n) is 26.1. The van der Waals surface area contributed by atoms with E-state index in [2.05, 4.69) is 57.8 Å². The molecule has 5 aromatic rings. The van der Waals surface area contributed by atoms with Crippen molar-refractivity contribution >= 4 is 60.9 Å². The summed E-state index contributed by atoms with van der Waals surface area (Å²) >= 11 is 8.40. The largest absolute Gasteiger partial charge is 0.488 e. The first-order valence-corrected chi connectivity index (χ1v) is 17.7. The smallest absolute Gasteiger partial charge is 0.338 e. The van der Waals surface area contributed by atoms with E-state index in [1.54, 1.807) is 11.5 Å². The van der Waals surface area contributed by atoms with Crippen LogP contribution in [0.5, 0.6) is 5.75 Å². The maximum Gasteiger partial charge on any atom is 0.338 e. The summed E-state index contributed by atoms with van der Waals surface area (Å²) in [6.07, 6.45) is 1.85. The highest BCUT2D eigenvalue weighted by molar-refractivity contribution is 9.10. The predicted molar refractivity (Wildman–Crippen MR) is 194 cm³/mol. The lowest BCUT2D eigenvalue weighted by atomic mass is 9.91. The zero-order chi connectivity index (χ0) is 33.1. The minimum atomic E-state index is -0.718. The van der Waals surface area contributed by atoms with Crippen molar-refractivity contribution < 1.29 is 14.3 Å². The molecule has 1 aromatic heterocycles. The first-order chi connectivity index (χ1) is 22.7. The molecular weight excluding hydrogens is 740 g/mol. The second kappa shape index (κ2) is 14.4. The number of aromatic nitrogens is 1. The summed E-state index contributed by atoms with van der Waals surface area (Å²) in [6, 6.07) is 30.7. The van der Waals surface area contributed by atoms with Crippen LogP contribution in [0.25, 0.3) is 11.8 Å². The van der Waals surface area contributed by atoms with Crippen molar-refractivity contribution in [2.45, 2.75) is 39.3 Å². The summed E-state index contributed by atoms with van der Waals surface area (Å²) in [5.74, 6) is 0.538. The molecule has 6 rings (SSSR count). The van der Waals surface area contributed by atoms with Gasteiger partial charge in [0.15, 0.2) is 4.80 Å². The summed E-state index contributed by atoms with van der Waals surface area (Å²) in [4.78, 5) is 33.4. The van der Waals surface area contributed by atoms with Gasteiger partial charge in [0.05, 0.1) is 32.9 Å². The summed E-state index contributed by atoms with van der Waals surface area (Å²) in [6.45, 7) is 6.67. The van der Waals surface area contributed by atoms with E-state index in [9.17, 15) is 9.59 Å². The van der Waals surface area contributed by atoms with Crippen LogP contribution in [0.1, 0.15) is 60.5 Å². The lowest BCUT2D eigenvalue weighted by Gasteiger charge is -2.26. The van der Waals surface area contributed by atoms with Gasteiger partial charge in [-0.25, -0.2) is 9.79 Å². The van der Waals surface area contributed by atoms with E-state index in [-0.39, 0.29) is 12.2 Å². The van der Waals surface area contributed by atoms with Crippen LogP contribution < -0.4 is 19.6 Å². The topological polar surface area (TPSA) is 69.9 Å². The third kappa shape index (κ3) is 7.12. The van der Waals surface area contributed by atoms with E-state index in [0.717, 1.165) is 31.2 Å². The molecule has 0 saturated heterocycles. The molecule has 0 radical (unpaired) electrons. The van der Waals surface area contributed by atoms with Crippen LogP contribution in [0, 0.1) is 0 Å². The van der Waals surface area contributed by atoms with Crippen molar-refractivity contribution in [2.24, 2.45) is 4.99 Å². The molecule has 1 atom stereocenters. The normalized spacial score (nSPS) is 14.6. The van der Waals surface area contributed by atoms with Crippen LogP contribution in [-0.2, 0) is 16.1 Å². The fourth-order valence-corrected chi connectivity index (χ4v) is 7.21. The van der Waals surface area contributed by atoms with Gasteiger partial charge in [-0.2, -0.15) is 0 Å². The molecule has 4 aromatic carbocycles. The molecule has 0 aliphatic carbocycles. The fraction of sp³-hybridized carbons (Fsp3) is 0.184. The first kappa shape index (κ1) is 32.9. The second-order valence-electron chi connectivity index (χ2n) is 11.4. The number of hydrogen-bond acceptors (Lipinski definition) is 6. The Morgan fingerprint density at radius 1 is 0.979 bits per heavy atom. The van der Waals surface area contributed by atoms with Gasteiger partial charge in [0.25, 0.3) is 5.56 Å². The number of carbonyl (C=O) groups is 1. The molecule has 47 heavy (non-hydrogen) atoms. The standard InChI is InChI=1S/C38H32Br2N2O4S/c1-4-45-37(44)33-34(27-8-6-5-7-9-27)41-38-42(35(33)28-15-13-26(14-16-28)23(2)3)36(43)32(47-38)21-25-12-19-31(30(40)20-25)46-22-24-10-17-29(39)18-11-24/h5-21,23,35H,4,22H2,1-3H3/b32-21-/t35-/m0/s1. The number of nitrogens with zero attached hydrogens (tertiary/aromatic N) is 2. The molecule has 9 heteroatoms. The lowest BCUT2D eigenvalue weighted by molar-refractivity contribution is -0.138. The molecule has 0 spiro atoms. The number of thiazole rings is 1. The van der Waals surface area contributed by atoms with E-state index >= 15 is 0 Å². The lowest BCUT2D eigenvalue weighted by Crippen LogP contribution is -2.40. The van der Waals surface area contributed by atoms with Gasteiger partial charge >= 0.3 is 5.97 Å². The average molecular weight is 773 g/mol. The number of halogens is 2. The molecule has 1 aliphatic rings. The minimum Gasteiger partial charge on any atom is -0.488 e. The van der Waals surface area contributed by atoms with Crippen molar-refractivity contribution in [1.29, 1.82) is 0 Å². The van der Waals surface area contributed by atoms with E-state index in [1.807, 2.05) is 91.0 Å². The number of ether oxygens (including phenoxy) is 2. The van der Waals surface area contributed by atoms with Gasteiger partial charge < -0.3 is 9.47 Å². The van der Waals surface area contributed by atoms with Crippen molar-refractivity contribution in [3.63, 3.8) is 0 Å². The Morgan fingerprint density at radius 2 is 1.70 bits per heavy atom. The molecule has 0 unspecified atom stereocenters. The van der Waals surface area contributed by atoms with Gasteiger partial charge in [-0.15, -0.1) is 0 Å². The molecule has 238 valence electrons. The van der Waals surface area contributed by atoms with Gasteiger partial charge in [0, 0.05) is 10.0 Å². The Bertz CT molecular complexity index is 2140. The number of esters is 1. The summed E-state index contributed by atoms with van der Waals surface area (Å²) in [7, 11) is 0. The molecule has 0 bridgehead atoms. The Hall–Kier alpha value is -4.05. The van der Waals surface area contributed by atoms with Gasteiger partial charge in [-0.05, 0) is 81.4 Å². The zero-order valence-corrected chi connectivity index (χ0v) is 30.1. The number of benzene rings is 4. The van der Waals surface area contributed by atoms with Gasteiger partial charge in [-0.1, -0.05) is 114 Å². The van der Waals surface area contributed by atoms with E-state index in [0.29, 0.717) is 38.9 Å². The molecule has 6 nitrogen and oxygen atoms in total. The summed E-state index contributed by atoms with van der Waals surface area (Å²) in [5, 5.41) is 0. The highest BCUT2D eigenvalue weighted by Crippen LogP contribution is 2.36. The fourth-order valence-electron chi connectivity index (χ4n) is 5.44. The average Bonchev–Trinajstić information content (AvgIpc) is 3.38. The van der Waals surface area contributed by atoms with Gasteiger partial charge in [-0.3, -0.25) is 9.36 Å². The first-order valence-electron chi connectivity index (χ1n) is 15.3. The number of rotatable bonds is 9. The number of carbonyl (C=O) groups excluding carboxylic acids is 1. The quantitative estimate of drug-likeness (QED) is 0.142. The molecule has 0 fully saturated rings. The van der Waals surface area contributed by atoms with E-state index < -0.39 is 12.0 Å². The highest BCUT2D eigenvalue weighted by atomic mass is 79.9. The van der Waals surface area contributed by atoms with Crippen LogP contribution >= 0.6 is 43.2 Å². The van der Waals surface area contributed by atoms with Crippen LogP contribution in [0.4, 0.5) is 0 Å². The number of hydrogen-bond donors (Lipinski definition) is 0. The molecule has 0 N–H and O–H groups in total. The molecule has 2 heterocycles. The minimum absolute atomic E-state index is 0.200. The van der Waals surface area contributed by atoms with Crippen LogP contribution in [0.2, 0.25) is 0 Å². The third-order valence-corrected chi connectivity index (χ3v) is 9.99. The van der Waals surface area contributed by atoms with Crippen molar-refractivity contribution in [3.05, 3.63) is 159 Å². The monoisotopic (exact) mass is 770 g/mol.